The summed E-state index contributed by atoms with van der Waals surface area (Å²) < 4.78 is 32.9. The summed E-state index contributed by atoms with van der Waals surface area (Å²) >= 11 is 0. The van der Waals surface area contributed by atoms with E-state index in [-0.39, 0.29) is 16.6 Å². The second-order valence-corrected chi connectivity index (χ2v) is 8.99. The fraction of sp³-hybridized carbons (Fsp3) is 0.667. The Kier molecular flexibility index (Phi) is 6.33. The van der Waals surface area contributed by atoms with Crippen LogP contribution in [0.1, 0.15) is 39.0 Å². The molecule has 2 heterocycles. The molecule has 1 unspecified atom stereocenters. The number of hydrogen-bond donors (Lipinski definition) is 0. The van der Waals surface area contributed by atoms with Gasteiger partial charge in [0.15, 0.2) is 0 Å². The van der Waals surface area contributed by atoms with E-state index in [4.69, 9.17) is 4.74 Å². The summed E-state index contributed by atoms with van der Waals surface area (Å²) in [6.45, 7) is 4.52. The van der Waals surface area contributed by atoms with Gasteiger partial charge in [-0.05, 0) is 31.4 Å². The van der Waals surface area contributed by atoms with Gasteiger partial charge in [0.25, 0.3) is 5.69 Å². The first-order valence-electron chi connectivity index (χ1n) is 9.58. The summed E-state index contributed by atoms with van der Waals surface area (Å²) in [5.41, 5.74) is 0.302. The quantitative estimate of drug-likeness (QED) is 0.560. The third-order valence-electron chi connectivity index (χ3n) is 5.35. The summed E-state index contributed by atoms with van der Waals surface area (Å²) in [6.07, 6.45) is 4.47. The van der Waals surface area contributed by atoms with E-state index in [1.54, 1.807) is 6.07 Å². The van der Waals surface area contributed by atoms with Crippen LogP contribution >= 0.6 is 0 Å². The summed E-state index contributed by atoms with van der Waals surface area (Å²) in [5, 5.41) is 11.7. The first kappa shape index (κ1) is 20.0. The number of sulfonamides is 1. The molecule has 0 amide bonds. The highest BCUT2D eigenvalue weighted by molar-refractivity contribution is 7.89. The van der Waals surface area contributed by atoms with Crippen LogP contribution in [0, 0.1) is 10.1 Å². The predicted molar refractivity (Wildman–Crippen MR) is 103 cm³/mol. The Balaban J connectivity index is 1.97. The maximum atomic E-state index is 13.0. The molecule has 9 heteroatoms. The summed E-state index contributed by atoms with van der Waals surface area (Å²) in [7, 11) is -3.72. The third kappa shape index (κ3) is 4.25. The molecule has 1 atom stereocenters. The highest BCUT2D eigenvalue weighted by atomic mass is 32.2. The van der Waals surface area contributed by atoms with E-state index >= 15 is 0 Å². The average Bonchev–Trinajstić information content (AvgIpc) is 2.97. The zero-order valence-corrected chi connectivity index (χ0v) is 16.5. The van der Waals surface area contributed by atoms with Crippen LogP contribution in [0.5, 0.6) is 0 Å². The second-order valence-electron chi connectivity index (χ2n) is 7.06. The van der Waals surface area contributed by atoms with Crippen molar-refractivity contribution in [3.05, 3.63) is 28.3 Å². The van der Waals surface area contributed by atoms with Crippen molar-refractivity contribution >= 4 is 21.4 Å². The molecule has 0 spiro atoms. The molecule has 27 heavy (non-hydrogen) atoms. The average molecular weight is 397 g/mol. The van der Waals surface area contributed by atoms with E-state index in [1.165, 1.54) is 16.4 Å². The van der Waals surface area contributed by atoms with Crippen molar-refractivity contribution in [3.63, 3.8) is 0 Å². The molecule has 2 aliphatic heterocycles. The molecule has 2 saturated heterocycles. The molecule has 0 aliphatic carbocycles. The van der Waals surface area contributed by atoms with Crippen LogP contribution in [0.25, 0.3) is 0 Å². The van der Waals surface area contributed by atoms with Gasteiger partial charge in [0, 0.05) is 25.7 Å². The van der Waals surface area contributed by atoms with Crippen molar-refractivity contribution in [2.24, 2.45) is 0 Å². The Hall–Kier alpha value is -1.71. The normalized spacial score (nSPS) is 22.4. The molecule has 0 bridgehead atoms. The smallest absolute Gasteiger partial charge is 0.293 e. The van der Waals surface area contributed by atoms with Crippen molar-refractivity contribution < 1.29 is 18.1 Å². The molecular weight excluding hydrogens is 370 g/mol. The lowest BCUT2D eigenvalue weighted by Crippen LogP contribution is -2.45. The van der Waals surface area contributed by atoms with Crippen LogP contribution in [0.2, 0.25) is 0 Å². The summed E-state index contributed by atoms with van der Waals surface area (Å²) in [6, 6.07) is 4.35. The first-order chi connectivity index (χ1) is 12.9. The van der Waals surface area contributed by atoms with E-state index < -0.39 is 14.9 Å². The van der Waals surface area contributed by atoms with E-state index in [2.05, 4.69) is 0 Å². The van der Waals surface area contributed by atoms with E-state index in [1.807, 2.05) is 11.8 Å². The van der Waals surface area contributed by atoms with Crippen molar-refractivity contribution in [2.45, 2.75) is 50.0 Å². The van der Waals surface area contributed by atoms with E-state index in [0.717, 1.165) is 32.1 Å². The Morgan fingerprint density at radius 3 is 2.52 bits per heavy atom. The lowest BCUT2D eigenvalue weighted by atomic mass is 10.1. The number of anilines is 1. The zero-order valence-electron chi connectivity index (χ0n) is 15.7. The van der Waals surface area contributed by atoms with Gasteiger partial charge in [-0.1, -0.05) is 19.8 Å². The molecule has 2 fully saturated rings. The monoisotopic (exact) mass is 397 g/mol. The molecule has 1 aromatic rings. The lowest BCUT2D eigenvalue weighted by molar-refractivity contribution is -0.384. The van der Waals surface area contributed by atoms with Crippen LogP contribution < -0.4 is 4.90 Å². The third-order valence-corrected chi connectivity index (χ3v) is 7.25. The molecule has 1 aromatic carbocycles. The number of morpholine rings is 1. The maximum Gasteiger partial charge on any atom is 0.293 e. The van der Waals surface area contributed by atoms with Gasteiger partial charge in [-0.15, -0.1) is 0 Å². The van der Waals surface area contributed by atoms with Crippen LogP contribution in [-0.2, 0) is 14.8 Å². The van der Waals surface area contributed by atoms with Gasteiger partial charge >= 0.3 is 0 Å². The number of hydrogen-bond acceptors (Lipinski definition) is 6. The predicted octanol–water partition coefficient (Wildman–Crippen LogP) is 2.77. The minimum absolute atomic E-state index is 0.00107. The zero-order chi connectivity index (χ0) is 19.4. The van der Waals surface area contributed by atoms with Crippen molar-refractivity contribution in [2.75, 3.05) is 37.7 Å². The Morgan fingerprint density at radius 2 is 1.89 bits per heavy atom. The number of rotatable bonds is 5. The fourth-order valence-electron chi connectivity index (χ4n) is 3.79. The van der Waals surface area contributed by atoms with Crippen molar-refractivity contribution in [3.8, 4) is 0 Å². The molecule has 8 nitrogen and oxygen atoms in total. The molecule has 150 valence electrons. The minimum atomic E-state index is -3.72. The van der Waals surface area contributed by atoms with Gasteiger partial charge in [0.2, 0.25) is 10.0 Å². The molecule has 0 aromatic heterocycles. The van der Waals surface area contributed by atoms with Gasteiger partial charge < -0.3 is 9.64 Å². The Morgan fingerprint density at radius 1 is 1.19 bits per heavy atom. The Bertz CT molecular complexity index is 775. The van der Waals surface area contributed by atoms with Crippen molar-refractivity contribution in [1.82, 2.24) is 4.31 Å². The van der Waals surface area contributed by atoms with Gasteiger partial charge in [-0.25, -0.2) is 8.42 Å². The molecular formula is C18H27N3O5S. The largest absolute Gasteiger partial charge is 0.377 e. The van der Waals surface area contributed by atoms with Gasteiger partial charge in [-0.2, -0.15) is 4.31 Å². The number of nitro groups is 1. The van der Waals surface area contributed by atoms with Crippen LogP contribution in [-0.4, -0.2) is 56.5 Å². The summed E-state index contributed by atoms with van der Waals surface area (Å²) in [4.78, 5) is 13.2. The lowest BCUT2D eigenvalue weighted by Gasteiger charge is -2.36. The fourth-order valence-corrected chi connectivity index (χ4v) is 5.33. The first-order valence-corrected chi connectivity index (χ1v) is 11.0. The maximum absolute atomic E-state index is 13.0. The second kappa shape index (κ2) is 8.53. The molecule has 3 rings (SSSR count). The van der Waals surface area contributed by atoms with E-state index in [0.29, 0.717) is 38.5 Å². The standard InChI is InChI=1S/C18H27N3O5S/c1-2-15-14-26-12-11-20(15)17-8-7-16(13-18(17)21(22)23)27(24,25)19-9-5-3-4-6-10-19/h7-8,13,15H,2-6,9-12,14H2,1H3. The van der Waals surface area contributed by atoms with Gasteiger partial charge in [-0.3, -0.25) is 10.1 Å². The minimum Gasteiger partial charge on any atom is -0.377 e. The number of nitrogens with zero attached hydrogens (tertiary/aromatic N) is 3. The van der Waals surface area contributed by atoms with Gasteiger partial charge in [0.05, 0.1) is 29.1 Å². The van der Waals surface area contributed by atoms with Crippen LogP contribution in [0.15, 0.2) is 23.1 Å². The van der Waals surface area contributed by atoms with Crippen molar-refractivity contribution in [1.29, 1.82) is 0 Å². The van der Waals surface area contributed by atoms with Crippen LogP contribution in [0.3, 0.4) is 0 Å². The number of benzene rings is 1. The summed E-state index contributed by atoms with van der Waals surface area (Å²) in [5.74, 6) is 0. The number of ether oxygens (including phenoxy) is 1. The highest BCUT2D eigenvalue weighted by Gasteiger charge is 2.31. The van der Waals surface area contributed by atoms with Crippen LogP contribution in [0.4, 0.5) is 11.4 Å². The SMILES string of the molecule is CCC1COCCN1c1ccc(S(=O)(=O)N2CCCCCC2)cc1[N+](=O)[O-]. The van der Waals surface area contributed by atoms with E-state index in [9.17, 15) is 18.5 Å². The van der Waals surface area contributed by atoms with Gasteiger partial charge in [0.1, 0.15) is 5.69 Å². The Labute approximate surface area is 160 Å². The number of nitro benzene ring substituents is 1. The highest BCUT2D eigenvalue weighted by Crippen LogP contribution is 2.34. The molecule has 0 radical (unpaired) electrons. The molecule has 2 aliphatic rings. The topological polar surface area (TPSA) is 93.0 Å². The molecule has 0 saturated carbocycles. The molecule has 0 N–H and O–H groups in total.